The molecule has 1 aromatic carbocycles. The minimum Gasteiger partial charge on any atom is -0.377 e. The van der Waals surface area contributed by atoms with Gasteiger partial charge >= 0.3 is 0 Å². The quantitative estimate of drug-likeness (QED) is 0.799. The van der Waals surface area contributed by atoms with Gasteiger partial charge < -0.3 is 5.32 Å². The largest absolute Gasteiger partial charge is 0.377 e. The van der Waals surface area contributed by atoms with Crippen LogP contribution in [0.3, 0.4) is 0 Å². The number of anilines is 1. The zero-order chi connectivity index (χ0) is 14.7. The monoisotopic (exact) mass is 283 g/mol. The Hall–Kier alpha value is -2.76. The van der Waals surface area contributed by atoms with Crippen molar-refractivity contribution in [1.29, 1.82) is 0 Å². The summed E-state index contributed by atoms with van der Waals surface area (Å²) in [6, 6.07) is 10.8. The summed E-state index contributed by atoms with van der Waals surface area (Å²) in [7, 11) is 0. The molecule has 21 heavy (non-hydrogen) atoms. The number of hydrogen-bond donors (Lipinski definition) is 1. The van der Waals surface area contributed by atoms with Crippen LogP contribution < -0.4 is 5.32 Å². The molecule has 5 nitrogen and oxygen atoms in total. The molecule has 0 spiro atoms. The number of hydrogen-bond acceptors (Lipinski definition) is 4. The van der Waals surface area contributed by atoms with E-state index in [1.165, 1.54) is 12.3 Å². The fraction of sp³-hybridized carbons (Fsp3) is 0.133. The van der Waals surface area contributed by atoms with Crippen molar-refractivity contribution in [3.05, 3.63) is 66.5 Å². The highest BCUT2D eigenvalue weighted by molar-refractivity contribution is 5.49. The first-order valence-electron chi connectivity index (χ1n) is 6.57. The smallest absolute Gasteiger partial charge is 0.141 e. The van der Waals surface area contributed by atoms with Gasteiger partial charge in [0.1, 0.15) is 5.82 Å². The zero-order valence-corrected chi connectivity index (χ0v) is 11.4. The lowest BCUT2D eigenvalue weighted by molar-refractivity contribution is 0.617. The molecule has 1 atom stereocenters. The predicted octanol–water partition coefficient (Wildman–Crippen LogP) is 2.97. The molecule has 0 amide bonds. The Morgan fingerprint density at radius 2 is 1.76 bits per heavy atom. The van der Waals surface area contributed by atoms with E-state index in [4.69, 9.17) is 0 Å². The van der Waals surface area contributed by atoms with E-state index in [-0.39, 0.29) is 11.9 Å². The van der Waals surface area contributed by atoms with Gasteiger partial charge in [0, 0.05) is 5.69 Å². The minimum atomic E-state index is -0.331. The molecule has 0 fully saturated rings. The summed E-state index contributed by atoms with van der Waals surface area (Å²) in [5.74, 6) is -0.331. The van der Waals surface area contributed by atoms with E-state index in [2.05, 4.69) is 20.5 Å². The fourth-order valence-electron chi connectivity index (χ4n) is 2.01. The summed E-state index contributed by atoms with van der Waals surface area (Å²) < 4.78 is 12.9. The SMILES string of the molecule is CC(Nc1ccc(-n2nccn2)cc1)c1ccc(F)cn1. The van der Waals surface area contributed by atoms with Crippen LogP contribution in [0.1, 0.15) is 18.7 Å². The molecule has 2 aromatic heterocycles. The Morgan fingerprint density at radius 1 is 1.05 bits per heavy atom. The van der Waals surface area contributed by atoms with Crippen LogP contribution in [0.25, 0.3) is 5.69 Å². The van der Waals surface area contributed by atoms with Crippen LogP contribution in [-0.4, -0.2) is 20.0 Å². The first-order chi connectivity index (χ1) is 10.2. The average molecular weight is 283 g/mol. The van der Waals surface area contributed by atoms with Gasteiger partial charge in [0.15, 0.2) is 0 Å². The first-order valence-corrected chi connectivity index (χ1v) is 6.57. The third kappa shape index (κ3) is 3.05. The summed E-state index contributed by atoms with van der Waals surface area (Å²) in [5, 5.41) is 11.5. The van der Waals surface area contributed by atoms with Gasteiger partial charge in [-0.1, -0.05) is 0 Å². The fourth-order valence-corrected chi connectivity index (χ4v) is 2.01. The number of benzene rings is 1. The van der Waals surface area contributed by atoms with Gasteiger partial charge in [-0.05, 0) is 43.3 Å². The second-order valence-corrected chi connectivity index (χ2v) is 4.63. The molecule has 0 saturated carbocycles. The molecular formula is C15H14FN5. The molecule has 0 aliphatic carbocycles. The third-order valence-electron chi connectivity index (χ3n) is 3.09. The van der Waals surface area contributed by atoms with Crippen LogP contribution in [-0.2, 0) is 0 Å². The van der Waals surface area contributed by atoms with Crippen molar-refractivity contribution < 1.29 is 4.39 Å². The standard InChI is InChI=1S/C15H14FN5/c1-11(15-7-2-12(16)10-17-15)20-13-3-5-14(6-4-13)21-18-8-9-19-21/h2-11,20H,1H3. The normalized spacial score (nSPS) is 12.1. The van der Waals surface area contributed by atoms with Crippen LogP contribution in [0, 0.1) is 5.82 Å². The second-order valence-electron chi connectivity index (χ2n) is 4.63. The number of aromatic nitrogens is 4. The van der Waals surface area contributed by atoms with E-state index in [0.717, 1.165) is 17.1 Å². The Morgan fingerprint density at radius 3 is 2.38 bits per heavy atom. The summed E-state index contributed by atoms with van der Waals surface area (Å²) in [4.78, 5) is 5.62. The highest BCUT2D eigenvalue weighted by Crippen LogP contribution is 2.19. The lowest BCUT2D eigenvalue weighted by atomic mass is 10.2. The Bertz CT molecular complexity index is 692. The van der Waals surface area contributed by atoms with Crippen molar-refractivity contribution in [2.45, 2.75) is 13.0 Å². The maximum Gasteiger partial charge on any atom is 0.141 e. The molecule has 1 N–H and O–H groups in total. The van der Waals surface area contributed by atoms with Crippen LogP contribution in [0.2, 0.25) is 0 Å². The molecular weight excluding hydrogens is 269 g/mol. The summed E-state index contributed by atoms with van der Waals surface area (Å²) in [5.41, 5.74) is 2.62. The Labute approximate surface area is 121 Å². The molecule has 2 heterocycles. The number of pyridine rings is 1. The van der Waals surface area contributed by atoms with Crippen molar-refractivity contribution >= 4 is 5.69 Å². The minimum absolute atomic E-state index is 0.0146. The van der Waals surface area contributed by atoms with E-state index in [1.54, 1.807) is 23.3 Å². The van der Waals surface area contributed by atoms with Gasteiger partial charge in [0.05, 0.1) is 36.0 Å². The van der Waals surface area contributed by atoms with Gasteiger partial charge in [-0.3, -0.25) is 4.98 Å². The molecule has 106 valence electrons. The molecule has 0 saturated heterocycles. The molecule has 3 rings (SSSR count). The molecule has 3 aromatic rings. The molecule has 0 aliphatic rings. The lowest BCUT2D eigenvalue weighted by Gasteiger charge is -2.15. The van der Waals surface area contributed by atoms with Crippen LogP contribution in [0.4, 0.5) is 10.1 Å². The van der Waals surface area contributed by atoms with Crippen LogP contribution in [0.15, 0.2) is 55.0 Å². The Balaban J connectivity index is 1.71. The van der Waals surface area contributed by atoms with Crippen LogP contribution in [0.5, 0.6) is 0 Å². The number of nitrogens with one attached hydrogen (secondary N) is 1. The van der Waals surface area contributed by atoms with E-state index in [9.17, 15) is 4.39 Å². The van der Waals surface area contributed by atoms with E-state index < -0.39 is 0 Å². The highest BCUT2D eigenvalue weighted by atomic mass is 19.1. The van der Waals surface area contributed by atoms with E-state index in [1.807, 2.05) is 31.2 Å². The van der Waals surface area contributed by atoms with Gasteiger partial charge in [0.2, 0.25) is 0 Å². The van der Waals surface area contributed by atoms with Gasteiger partial charge in [-0.15, -0.1) is 0 Å². The number of rotatable bonds is 4. The summed E-state index contributed by atoms with van der Waals surface area (Å²) in [6.45, 7) is 1.98. The lowest BCUT2D eigenvalue weighted by Crippen LogP contribution is -2.08. The molecule has 6 heteroatoms. The molecule has 0 aliphatic heterocycles. The van der Waals surface area contributed by atoms with Crippen molar-refractivity contribution in [3.8, 4) is 5.69 Å². The molecule has 1 unspecified atom stereocenters. The highest BCUT2D eigenvalue weighted by Gasteiger charge is 2.07. The van der Waals surface area contributed by atoms with Crippen LogP contribution >= 0.6 is 0 Å². The first kappa shape index (κ1) is 13.2. The molecule has 0 radical (unpaired) electrons. The van der Waals surface area contributed by atoms with Gasteiger partial charge in [-0.2, -0.15) is 15.0 Å². The average Bonchev–Trinajstić information content (AvgIpc) is 3.03. The maximum atomic E-state index is 12.9. The van der Waals surface area contributed by atoms with Gasteiger partial charge in [-0.25, -0.2) is 4.39 Å². The maximum absolute atomic E-state index is 12.9. The zero-order valence-electron chi connectivity index (χ0n) is 11.4. The van der Waals surface area contributed by atoms with Crippen molar-refractivity contribution in [2.75, 3.05) is 5.32 Å². The summed E-state index contributed by atoms with van der Waals surface area (Å²) in [6.07, 6.45) is 4.49. The van der Waals surface area contributed by atoms with Gasteiger partial charge in [0.25, 0.3) is 0 Å². The molecule has 0 bridgehead atoms. The van der Waals surface area contributed by atoms with Crippen molar-refractivity contribution in [3.63, 3.8) is 0 Å². The van der Waals surface area contributed by atoms with E-state index in [0.29, 0.717) is 0 Å². The van der Waals surface area contributed by atoms with E-state index >= 15 is 0 Å². The topological polar surface area (TPSA) is 55.6 Å². The van der Waals surface area contributed by atoms with Crippen molar-refractivity contribution in [1.82, 2.24) is 20.0 Å². The number of halogens is 1. The second kappa shape index (κ2) is 5.70. The van der Waals surface area contributed by atoms with Crippen molar-refractivity contribution in [2.24, 2.45) is 0 Å². The number of nitrogens with zero attached hydrogens (tertiary/aromatic N) is 4. The predicted molar refractivity (Wildman–Crippen MR) is 77.6 cm³/mol. The summed E-state index contributed by atoms with van der Waals surface area (Å²) >= 11 is 0. The Kier molecular flexibility index (Phi) is 3.59. The third-order valence-corrected chi connectivity index (χ3v) is 3.09.